The third-order valence-corrected chi connectivity index (χ3v) is 2.94. The molecule has 1 rings (SSSR count). The standard InChI is InChI=1S/C9H13NOS/c1-6-4-10-8(5-11)7(2)9(6)12-3/h4,11H,5H2,1-3H3. The van der Waals surface area contributed by atoms with Gasteiger partial charge in [0.1, 0.15) is 0 Å². The molecule has 3 heteroatoms. The van der Waals surface area contributed by atoms with Crippen molar-refractivity contribution in [3.8, 4) is 0 Å². The summed E-state index contributed by atoms with van der Waals surface area (Å²) >= 11 is 1.70. The van der Waals surface area contributed by atoms with Gasteiger partial charge in [-0.3, -0.25) is 4.98 Å². The molecule has 0 atom stereocenters. The van der Waals surface area contributed by atoms with Gasteiger partial charge in [0.15, 0.2) is 0 Å². The van der Waals surface area contributed by atoms with Crippen molar-refractivity contribution in [2.45, 2.75) is 25.3 Å². The lowest BCUT2D eigenvalue weighted by Crippen LogP contribution is -1.97. The van der Waals surface area contributed by atoms with E-state index in [0.29, 0.717) is 0 Å². The van der Waals surface area contributed by atoms with Crippen LogP contribution in [0.1, 0.15) is 16.8 Å². The van der Waals surface area contributed by atoms with Crippen LogP contribution in [0.4, 0.5) is 0 Å². The first-order chi connectivity index (χ1) is 5.70. The van der Waals surface area contributed by atoms with Crippen LogP contribution >= 0.6 is 11.8 Å². The van der Waals surface area contributed by atoms with Crippen LogP contribution in [0.3, 0.4) is 0 Å². The third-order valence-electron chi connectivity index (χ3n) is 1.90. The quantitative estimate of drug-likeness (QED) is 0.711. The molecule has 0 aliphatic rings. The molecule has 1 N–H and O–H groups in total. The van der Waals surface area contributed by atoms with Crippen LogP contribution in [-0.4, -0.2) is 16.3 Å². The van der Waals surface area contributed by atoms with Crippen LogP contribution in [-0.2, 0) is 6.61 Å². The number of pyridine rings is 1. The van der Waals surface area contributed by atoms with Gasteiger partial charge in [0.25, 0.3) is 0 Å². The number of rotatable bonds is 2. The Morgan fingerprint density at radius 2 is 2.17 bits per heavy atom. The Kier molecular flexibility index (Phi) is 3.12. The maximum absolute atomic E-state index is 8.96. The van der Waals surface area contributed by atoms with Crippen molar-refractivity contribution in [1.82, 2.24) is 4.98 Å². The highest BCUT2D eigenvalue weighted by Gasteiger charge is 2.06. The van der Waals surface area contributed by atoms with E-state index >= 15 is 0 Å². The third kappa shape index (κ3) is 1.62. The Labute approximate surface area is 77.0 Å². The Bertz CT molecular complexity index is 286. The Balaban J connectivity index is 3.24. The zero-order valence-electron chi connectivity index (χ0n) is 7.59. The van der Waals surface area contributed by atoms with Crippen LogP contribution < -0.4 is 0 Å². The largest absolute Gasteiger partial charge is 0.390 e. The van der Waals surface area contributed by atoms with Crippen molar-refractivity contribution in [3.05, 3.63) is 23.0 Å². The summed E-state index contributed by atoms with van der Waals surface area (Å²) in [7, 11) is 0. The highest BCUT2D eigenvalue weighted by atomic mass is 32.2. The van der Waals surface area contributed by atoms with Gasteiger partial charge in [-0.2, -0.15) is 0 Å². The van der Waals surface area contributed by atoms with Crippen molar-refractivity contribution in [2.75, 3.05) is 6.26 Å². The minimum atomic E-state index is 0.0275. The van der Waals surface area contributed by atoms with Crippen LogP contribution in [0.2, 0.25) is 0 Å². The van der Waals surface area contributed by atoms with Crippen LogP contribution in [0.15, 0.2) is 11.1 Å². The number of aliphatic hydroxyl groups excluding tert-OH is 1. The summed E-state index contributed by atoms with van der Waals surface area (Å²) in [5.74, 6) is 0. The van der Waals surface area contributed by atoms with Crippen LogP contribution in [0.5, 0.6) is 0 Å². The van der Waals surface area contributed by atoms with E-state index in [0.717, 1.165) is 11.3 Å². The molecule has 0 aromatic carbocycles. The van der Waals surface area contributed by atoms with E-state index in [1.165, 1.54) is 10.5 Å². The number of nitrogens with zero attached hydrogens (tertiary/aromatic N) is 1. The topological polar surface area (TPSA) is 33.1 Å². The van der Waals surface area contributed by atoms with E-state index < -0.39 is 0 Å². The molecule has 0 spiro atoms. The minimum Gasteiger partial charge on any atom is -0.390 e. The summed E-state index contributed by atoms with van der Waals surface area (Å²) in [6.07, 6.45) is 3.85. The maximum atomic E-state index is 8.96. The van der Waals surface area contributed by atoms with Gasteiger partial charge in [-0.15, -0.1) is 11.8 Å². The average Bonchev–Trinajstić information content (AvgIpc) is 2.06. The normalized spacial score (nSPS) is 10.3. The summed E-state index contributed by atoms with van der Waals surface area (Å²) in [6.45, 7) is 4.06. The fraction of sp³-hybridized carbons (Fsp3) is 0.444. The van der Waals surface area contributed by atoms with Gasteiger partial charge >= 0.3 is 0 Å². The molecule has 0 amide bonds. The highest BCUT2D eigenvalue weighted by Crippen LogP contribution is 2.24. The molecule has 0 saturated carbocycles. The first-order valence-corrected chi connectivity index (χ1v) is 5.03. The lowest BCUT2D eigenvalue weighted by molar-refractivity contribution is 0.275. The molecule has 66 valence electrons. The summed E-state index contributed by atoms with van der Waals surface area (Å²) in [5, 5.41) is 8.96. The number of hydrogen-bond acceptors (Lipinski definition) is 3. The highest BCUT2D eigenvalue weighted by molar-refractivity contribution is 7.98. The number of thioether (sulfide) groups is 1. The molecule has 0 aliphatic carbocycles. The summed E-state index contributed by atoms with van der Waals surface area (Å²) in [5.41, 5.74) is 3.06. The molecule has 0 unspecified atom stereocenters. The monoisotopic (exact) mass is 183 g/mol. The molecule has 1 aromatic heterocycles. The van der Waals surface area contributed by atoms with Gasteiger partial charge in [-0.1, -0.05) is 0 Å². The zero-order chi connectivity index (χ0) is 9.14. The zero-order valence-corrected chi connectivity index (χ0v) is 8.40. The molecule has 12 heavy (non-hydrogen) atoms. The first kappa shape index (κ1) is 9.55. The number of aromatic nitrogens is 1. The summed E-state index contributed by atoms with van der Waals surface area (Å²) in [4.78, 5) is 5.37. The molecule has 2 nitrogen and oxygen atoms in total. The molecule has 0 fully saturated rings. The van der Waals surface area contributed by atoms with Crippen LogP contribution in [0, 0.1) is 13.8 Å². The van der Waals surface area contributed by atoms with Gasteiger partial charge in [0.2, 0.25) is 0 Å². The summed E-state index contributed by atoms with van der Waals surface area (Å²) in [6, 6.07) is 0. The Morgan fingerprint density at radius 3 is 2.67 bits per heavy atom. The van der Waals surface area contributed by atoms with E-state index in [1.54, 1.807) is 11.8 Å². The van der Waals surface area contributed by atoms with Gasteiger partial charge in [-0.25, -0.2) is 0 Å². The van der Waals surface area contributed by atoms with E-state index in [2.05, 4.69) is 4.98 Å². The molecule has 1 aromatic rings. The molecular weight excluding hydrogens is 170 g/mol. The lowest BCUT2D eigenvalue weighted by atomic mass is 10.2. The second-order valence-electron chi connectivity index (χ2n) is 2.70. The number of hydrogen-bond donors (Lipinski definition) is 1. The molecular formula is C9H13NOS. The Morgan fingerprint density at radius 1 is 1.50 bits per heavy atom. The van der Waals surface area contributed by atoms with E-state index in [-0.39, 0.29) is 6.61 Å². The second kappa shape index (κ2) is 3.92. The fourth-order valence-corrected chi connectivity index (χ4v) is 2.03. The van der Waals surface area contributed by atoms with Crippen molar-refractivity contribution in [2.24, 2.45) is 0 Å². The van der Waals surface area contributed by atoms with E-state index in [4.69, 9.17) is 5.11 Å². The fourth-order valence-electron chi connectivity index (χ4n) is 1.23. The van der Waals surface area contributed by atoms with Crippen LogP contribution in [0.25, 0.3) is 0 Å². The molecule has 0 radical (unpaired) electrons. The van der Waals surface area contributed by atoms with Gasteiger partial charge in [0, 0.05) is 11.1 Å². The first-order valence-electron chi connectivity index (χ1n) is 3.80. The molecule has 0 bridgehead atoms. The maximum Gasteiger partial charge on any atom is 0.0856 e. The van der Waals surface area contributed by atoms with Gasteiger partial charge in [0.05, 0.1) is 12.3 Å². The SMILES string of the molecule is CSc1c(C)cnc(CO)c1C. The predicted molar refractivity (Wildman–Crippen MR) is 51.4 cm³/mol. The Hall–Kier alpha value is -0.540. The van der Waals surface area contributed by atoms with Crippen molar-refractivity contribution >= 4 is 11.8 Å². The van der Waals surface area contributed by atoms with Crippen molar-refractivity contribution in [1.29, 1.82) is 0 Å². The van der Waals surface area contributed by atoms with Gasteiger partial charge in [-0.05, 0) is 31.2 Å². The van der Waals surface area contributed by atoms with Crippen molar-refractivity contribution in [3.63, 3.8) is 0 Å². The summed E-state index contributed by atoms with van der Waals surface area (Å²) < 4.78 is 0. The van der Waals surface area contributed by atoms with E-state index in [9.17, 15) is 0 Å². The van der Waals surface area contributed by atoms with Crippen molar-refractivity contribution < 1.29 is 5.11 Å². The molecule has 1 heterocycles. The average molecular weight is 183 g/mol. The van der Waals surface area contributed by atoms with E-state index in [1.807, 2.05) is 26.3 Å². The van der Waals surface area contributed by atoms with Gasteiger partial charge < -0.3 is 5.11 Å². The number of aliphatic hydroxyl groups is 1. The lowest BCUT2D eigenvalue weighted by Gasteiger charge is -2.09. The molecule has 0 saturated heterocycles. The number of aryl methyl sites for hydroxylation is 1. The smallest absolute Gasteiger partial charge is 0.0856 e. The second-order valence-corrected chi connectivity index (χ2v) is 3.52. The minimum absolute atomic E-state index is 0.0275. The predicted octanol–water partition coefficient (Wildman–Crippen LogP) is 1.91. The molecule has 0 aliphatic heterocycles.